The van der Waals surface area contributed by atoms with Crippen LogP contribution in [0, 0.1) is 0 Å². The first-order valence-corrected chi connectivity index (χ1v) is 9.08. The summed E-state index contributed by atoms with van der Waals surface area (Å²) in [4.78, 5) is 31.9. The maximum Gasteiger partial charge on any atom is 0.343 e. The Balaban J connectivity index is 1.67. The summed E-state index contributed by atoms with van der Waals surface area (Å²) >= 11 is 5.84. The number of esters is 1. The number of H-pyrrole nitrogens is 1. The number of benzene rings is 3. The van der Waals surface area contributed by atoms with Gasteiger partial charge < -0.3 is 14.5 Å². The van der Waals surface area contributed by atoms with Crippen LogP contribution in [0.1, 0.15) is 10.4 Å². The summed E-state index contributed by atoms with van der Waals surface area (Å²) in [5.41, 5.74) is 1.34. The van der Waals surface area contributed by atoms with Crippen LogP contribution in [0.4, 0.5) is 0 Å². The molecule has 4 rings (SSSR count). The molecule has 0 aliphatic rings. The van der Waals surface area contributed by atoms with Crippen LogP contribution in [0.15, 0.2) is 71.5 Å². The van der Waals surface area contributed by atoms with Gasteiger partial charge in [0, 0.05) is 10.6 Å². The van der Waals surface area contributed by atoms with Crippen molar-refractivity contribution in [3.8, 4) is 22.9 Å². The van der Waals surface area contributed by atoms with Gasteiger partial charge >= 0.3 is 5.97 Å². The number of rotatable bonds is 4. The summed E-state index contributed by atoms with van der Waals surface area (Å²) in [6.45, 7) is 0. The molecule has 144 valence electrons. The van der Waals surface area contributed by atoms with Crippen LogP contribution in [-0.4, -0.2) is 23.0 Å². The molecule has 0 radical (unpaired) electrons. The Hall–Kier alpha value is -3.64. The third kappa shape index (κ3) is 3.83. The maximum absolute atomic E-state index is 12.4. The zero-order chi connectivity index (χ0) is 20.4. The molecule has 0 aliphatic carbocycles. The van der Waals surface area contributed by atoms with Gasteiger partial charge in [0.05, 0.1) is 23.6 Å². The van der Waals surface area contributed by atoms with Crippen molar-refractivity contribution in [1.82, 2.24) is 9.97 Å². The van der Waals surface area contributed by atoms with Gasteiger partial charge in [-0.2, -0.15) is 0 Å². The van der Waals surface area contributed by atoms with Crippen molar-refractivity contribution in [3.05, 3.63) is 87.7 Å². The minimum Gasteiger partial charge on any atom is -0.493 e. The predicted octanol–water partition coefficient (Wildman–Crippen LogP) is 4.47. The van der Waals surface area contributed by atoms with E-state index < -0.39 is 5.97 Å². The number of methoxy groups -OCH3 is 1. The van der Waals surface area contributed by atoms with E-state index in [1.54, 1.807) is 60.7 Å². The number of nitrogens with one attached hydrogen (secondary N) is 1. The fraction of sp³-hybridized carbons (Fsp3) is 0.0455. The summed E-state index contributed by atoms with van der Waals surface area (Å²) in [7, 11) is 1.47. The first-order valence-electron chi connectivity index (χ1n) is 8.70. The van der Waals surface area contributed by atoms with Crippen LogP contribution in [0.2, 0.25) is 5.02 Å². The lowest BCUT2D eigenvalue weighted by Gasteiger charge is -2.11. The number of nitrogens with zero attached hydrogens (tertiary/aromatic N) is 1. The number of aromatic nitrogens is 2. The predicted molar refractivity (Wildman–Crippen MR) is 111 cm³/mol. The number of carbonyl (C=O) groups is 1. The number of aromatic amines is 1. The van der Waals surface area contributed by atoms with E-state index in [0.717, 1.165) is 0 Å². The molecule has 0 spiro atoms. The average molecular weight is 407 g/mol. The van der Waals surface area contributed by atoms with Crippen molar-refractivity contribution in [2.75, 3.05) is 7.11 Å². The number of hydrogen-bond donors (Lipinski definition) is 1. The van der Waals surface area contributed by atoms with E-state index in [1.165, 1.54) is 7.11 Å². The first-order chi connectivity index (χ1) is 14.0. The van der Waals surface area contributed by atoms with Gasteiger partial charge in [0.25, 0.3) is 5.56 Å². The Morgan fingerprint density at radius 2 is 1.76 bits per heavy atom. The fourth-order valence-electron chi connectivity index (χ4n) is 2.87. The SMILES string of the molecule is COc1cc(-c2nc3ccccc3c(=O)[nH]2)ccc1OC(=O)c1ccc(Cl)cc1. The minimum atomic E-state index is -0.537. The fourth-order valence-corrected chi connectivity index (χ4v) is 2.99. The highest BCUT2D eigenvalue weighted by Gasteiger charge is 2.15. The molecule has 1 N–H and O–H groups in total. The van der Waals surface area contributed by atoms with Crippen molar-refractivity contribution in [1.29, 1.82) is 0 Å². The first kappa shape index (κ1) is 18.7. The monoisotopic (exact) mass is 406 g/mol. The molecule has 0 saturated carbocycles. The highest BCUT2D eigenvalue weighted by atomic mass is 35.5. The van der Waals surface area contributed by atoms with Crippen LogP contribution in [-0.2, 0) is 0 Å². The molecule has 7 heteroatoms. The van der Waals surface area contributed by atoms with Crippen LogP contribution < -0.4 is 15.0 Å². The summed E-state index contributed by atoms with van der Waals surface area (Å²) in [6.07, 6.45) is 0. The number of para-hydroxylation sites is 1. The molecule has 0 amide bonds. The summed E-state index contributed by atoms with van der Waals surface area (Å²) in [5.74, 6) is 0.437. The molecule has 0 saturated heterocycles. The lowest BCUT2D eigenvalue weighted by molar-refractivity contribution is 0.0730. The Bertz CT molecular complexity index is 1270. The van der Waals surface area contributed by atoms with Crippen LogP contribution in [0.5, 0.6) is 11.5 Å². The van der Waals surface area contributed by atoms with Gasteiger partial charge in [0.2, 0.25) is 0 Å². The molecule has 3 aromatic carbocycles. The standard InChI is InChI=1S/C22H15ClN2O4/c1-28-19-12-14(20-24-17-5-3-2-4-16(17)21(26)25-20)8-11-18(19)29-22(27)13-6-9-15(23)10-7-13/h2-12H,1H3,(H,24,25,26). The highest BCUT2D eigenvalue weighted by Crippen LogP contribution is 2.32. The highest BCUT2D eigenvalue weighted by molar-refractivity contribution is 6.30. The summed E-state index contributed by atoms with van der Waals surface area (Å²) in [6, 6.07) is 18.4. The van der Waals surface area contributed by atoms with Crippen LogP contribution in [0.25, 0.3) is 22.3 Å². The Kier molecular flexibility index (Phi) is 5.01. The van der Waals surface area contributed by atoms with Crippen molar-refractivity contribution in [2.24, 2.45) is 0 Å². The van der Waals surface area contributed by atoms with E-state index in [-0.39, 0.29) is 11.3 Å². The van der Waals surface area contributed by atoms with Crippen LogP contribution >= 0.6 is 11.6 Å². The number of carbonyl (C=O) groups excluding carboxylic acids is 1. The Morgan fingerprint density at radius 1 is 1.00 bits per heavy atom. The molecule has 0 aliphatic heterocycles. The van der Waals surface area contributed by atoms with Crippen LogP contribution in [0.3, 0.4) is 0 Å². The largest absolute Gasteiger partial charge is 0.493 e. The van der Waals surface area contributed by atoms with Gasteiger partial charge in [-0.05, 0) is 54.6 Å². The van der Waals surface area contributed by atoms with Gasteiger partial charge in [0.15, 0.2) is 11.5 Å². The lowest BCUT2D eigenvalue weighted by atomic mass is 10.1. The smallest absolute Gasteiger partial charge is 0.343 e. The van der Waals surface area contributed by atoms with Gasteiger partial charge in [-0.25, -0.2) is 9.78 Å². The third-order valence-electron chi connectivity index (χ3n) is 4.33. The number of hydrogen-bond acceptors (Lipinski definition) is 5. The molecule has 0 atom stereocenters. The van der Waals surface area contributed by atoms with E-state index in [0.29, 0.717) is 38.6 Å². The zero-order valence-electron chi connectivity index (χ0n) is 15.3. The number of fused-ring (bicyclic) bond motifs is 1. The second-order valence-corrected chi connectivity index (χ2v) is 6.63. The minimum absolute atomic E-state index is 0.234. The molecule has 1 heterocycles. The van der Waals surface area contributed by atoms with E-state index in [4.69, 9.17) is 21.1 Å². The number of ether oxygens (including phenoxy) is 2. The normalized spacial score (nSPS) is 10.7. The summed E-state index contributed by atoms with van der Waals surface area (Å²) < 4.78 is 10.8. The quantitative estimate of drug-likeness (QED) is 0.399. The molecule has 0 unspecified atom stereocenters. The van der Waals surface area contributed by atoms with Crippen molar-refractivity contribution in [3.63, 3.8) is 0 Å². The van der Waals surface area contributed by atoms with Gasteiger partial charge in [-0.3, -0.25) is 4.79 Å². The Morgan fingerprint density at radius 3 is 2.52 bits per heavy atom. The molecule has 29 heavy (non-hydrogen) atoms. The number of halogens is 1. The molecule has 4 aromatic rings. The van der Waals surface area contributed by atoms with E-state index >= 15 is 0 Å². The molecular formula is C22H15ClN2O4. The van der Waals surface area contributed by atoms with Crippen molar-refractivity contribution in [2.45, 2.75) is 0 Å². The van der Waals surface area contributed by atoms with E-state index in [9.17, 15) is 9.59 Å². The second kappa shape index (κ2) is 7.77. The topological polar surface area (TPSA) is 81.3 Å². The van der Waals surface area contributed by atoms with Crippen molar-refractivity contribution < 1.29 is 14.3 Å². The van der Waals surface area contributed by atoms with E-state index in [2.05, 4.69) is 9.97 Å². The van der Waals surface area contributed by atoms with Gasteiger partial charge in [-0.15, -0.1) is 0 Å². The zero-order valence-corrected chi connectivity index (χ0v) is 16.1. The van der Waals surface area contributed by atoms with Gasteiger partial charge in [0.1, 0.15) is 5.82 Å². The molecule has 6 nitrogen and oxygen atoms in total. The van der Waals surface area contributed by atoms with E-state index in [1.807, 2.05) is 6.07 Å². The third-order valence-corrected chi connectivity index (χ3v) is 4.58. The average Bonchev–Trinajstić information content (AvgIpc) is 2.74. The molecular weight excluding hydrogens is 392 g/mol. The Labute approximate surface area is 170 Å². The van der Waals surface area contributed by atoms with Gasteiger partial charge in [-0.1, -0.05) is 23.7 Å². The molecule has 0 fully saturated rings. The maximum atomic E-state index is 12.4. The second-order valence-electron chi connectivity index (χ2n) is 6.19. The lowest BCUT2D eigenvalue weighted by Crippen LogP contribution is -2.10. The molecule has 1 aromatic heterocycles. The molecule has 0 bridgehead atoms. The van der Waals surface area contributed by atoms with Crippen molar-refractivity contribution >= 4 is 28.5 Å². The summed E-state index contributed by atoms with van der Waals surface area (Å²) in [5, 5.41) is 1.04.